The monoisotopic (exact) mass is 442 g/mol. The first-order chi connectivity index (χ1) is 16.2. The highest BCUT2D eigenvalue weighted by atomic mass is 16.5. The third-order valence-corrected chi connectivity index (χ3v) is 6.19. The number of carbonyl (C=O) groups excluding carboxylic acids is 2. The predicted molar refractivity (Wildman–Crippen MR) is 125 cm³/mol. The molecule has 2 aliphatic heterocycles. The molecule has 3 aromatic rings. The molecule has 1 atom stereocenters. The highest BCUT2D eigenvalue weighted by Crippen LogP contribution is 2.27. The van der Waals surface area contributed by atoms with Gasteiger partial charge >= 0.3 is 6.03 Å². The standard InChI is InChI=1S/C26H26N4O3/c31-25(19-5-2-1-3-6-19)29-14-12-24(18-29)33-23-10-8-22(9-11-23)28-26(32)30-16-21(17-30)20-7-4-13-27-15-20/h1-11,13,15,21,24H,12,14,16-18H2,(H,28,32)/t24-/m0/s1. The Hall–Kier alpha value is -3.87. The van der Waals surface area contributed by atoms with Crippen molar-refractivity contribution in [2.24, 2.45) is 0 Å². The molecule has 2 saturated heterocycles. The van der Waals surface area contributed by atoms with Gasteiger partial charge in [0.2, 0.25) is 0 Å². The summed E-state index contributed by atoms with van der Waals surface area (Å²) in [6.07, 6.45) is 4.38. The van der Waals surface area contributed by atoms with Gasteiger partial charge in [-0.15, -0.1) is 0 Å². The normalized spacial score (nSPS) is 18.0. The smallest absolute Gasteiger partial charge is 0.321 e. The number of nitrogens with zero attached hydrogens (tertiary/aromatic N) is 3. The van der Waals surface area contributed by atoms with Crippen LogP contribution in [-0.4, -0.2) is 59.0 Å². The number of aromatic nitrogens is 1. The van der Waals surface area contributed by atoms with Crippen molar-refractivity contribution in [3.63, 3.8) is 0 Å². The zero-order chi connectivity index (χ0) is 22.6. The fraction of sp³-hybridized carbons (Fsp3) is 0.269. The summed E-state index contributed by atoms with van der Waals surface area (Å²) in [5.41, 5.74) is 2.59. The average Bonchev–Trinajstić information content (AvgIpc) is 3.29. The molecule has 1 N–H and O–H groups in total. The van der Waals surface area contributed by atoms with Crippen LogP contribution in [0, 0.1) is 0 Å². The van der Waals surface area contributed by atoms with Crippen molar-refractivity contribution in [1.29, 1.82) is 0 Å². The van der Waals surface area contributed by atoms with Crippen LogP contribution in [0.3, 0.4) is 0 Å². The summed E-state index contributed by atoms with van der Waals surface area (Å²) in [5.74, 6) is 1.11. The number of hydrogen-bond donors (Lipinski definition) is 1. The third-order valence-electron chi connectivity index (χ3n) is 6.19. The minimum atomic E-state index is -0.102. The first kappa shape index (κ1) is 21.0. The molecule has 2 aliphatic rings. The van der Waals surface area contributed by atoms with E-state index >= 15 is 0 Å². The Labute approximate surface area is 193 Å². The highest BCUT2D eigenvalue weighted by molar-refractivity contribution is 5.94. The Kier molecular flexibility index (Phi) is 5.93. The molecule has 1 aromatic heterocycles. The first-order valence-corrected chi connectivity index (χ1v) is 11.2. The van der Waals surface area contributed by atoms with Gasteiger partial charge in [0.15, 0.2) is 0 Å². The van der Waals surface area contributed by atoms with E-state index in [1.807, 2.05) is 77.8 Å². The van der Waals surface area contributed by atoms with Gasteiger partial charge in [0.1, 0.15) is 11.9 Å². The van der Waals surface area contributed by atoms with Crippen LogP contribution in [0.5, 0.6) is 5.75 Å². The minimum Gasteiger partial charge on any atom is -0.489 e. The molecule has 2 aromatic carbocycles. The predicted octanol–water partition coefficient (Wildman–Crippen LogP) is 4.01. The van der Waals surface area contributed by atoms with Crippen LogP contribution in [0.25, 0.3) is 0 Å². The van der Waals surface area contributed by atoms with Crippen LogP contribution >= 0.6 is 0 Å². The Morgan fingerprint density at radius 1 is 0.909 bits per heavy atom. The van der Waals surface area contributed by atoms with Crippen molar-refractivity contribution in [2.75, 3.05) is 31.5 Å². The second-order valence-electron chi connectivity index (χ2n) is 8.49. The van der Waals surface area contributed by atoms with Crippen molar-refractivity contribution in [3.8, 4) is 5.75 Å². The number of nitrogens with one attached hydrogen (secondary N) is 1. The number of pyridine rings is 1. The number of likely N-dealkylation sites (tertiary alicyclic amines) is 2. The van der Waals surface area contributed by atoms with Crippen LogP contribution < -0.4 is 10.1 Å². The van der Waals surface area contributed by atoms with Gasteiger partial charge in [-0.2, -0.15) is 0 Å². The Morgan fingerprint density at radius 2 is 1.70 bits per heavy atom. The lowest BCUT2D eigenvalue weighted by Gasteiger charge is -2.39. The van der Waals surface area contributed by atoms with E-state index in [9.17, 15) is 9.59 Å². The molecule has 5 rings (SSSR count). The number of rotatable bonds is 5. The fourth-order valence-electron chi connectivity index (χ4n) is 4.26. The molecule has 0 unspecified atom stereocenters. The lowest BCUT2D eigenvalue weighted by molar-refractivity contribution is 0.0772. The average molecular weight is 443 g/mol. The maximum absolute atomic E-state index is 12.6. The van der Waals surface area contributed by atoms with Crippen LogP contribution in [0.2, 0.25) is 0 Å². The summed E-state index contributed by atoms with van der Waals surface area (Å²) in [5, 5.41) is 2.94. The highest BCUT2D eigenvalue weighted by Gasteiger charge is 2.32. The molecule has 0 bridgehead atoms. The van der Waals surface area contributed by atoms with E-state index in [-0.39, 0.29) is 18.0 Å². The van der Waals surface area contributed by atoms with Gasteiger partial charge in [0, 0.05) is 55.6 Å². The molecule has 0 saturated carbocycles. The van der Waals surface area contributed by atoms with Crippen LogP contribution in [-0.2, 0) is 0 Å². The lowest BCUT2D eigenvalue weighted by atomic mass is 9.93. The third kappa shape index (κ3) is 4.82. The van der Waals surface area contributed by atoms with Crippen LogP contribution in [0.15, 0.2) is 79.1 Å². The molecular formula is C26H26N4O3. The largest absolute Gasteiger partial charge is 0.489 e. The molecule has 33 heavy (non-hydrogen) atoms. The van der Waals surface area contributed by atoms with E-state index < -0.39 is 0 Å². The number of carbonyl (C=O) groups is 2. The van der Waals surface area contributed by atoms with E-state index in [2.05, 4.69) is 10.3 Å². The number of benzene rings is 2. The SMILES string of the molecule is O=C(Nc1ccc(O[C@H]2CCN(C(=O)c3ccccc3)C2)cc1)N1CC(c2cccnc2)C1. The molecule has 3 heterocycles. The van der Waals surface area contributed by atoms with E-state index in [0.717, 1.165) is 17.9 Å². The van der Waals surface area contributed by atoms with Gasteiger partial charge < -0.3 is 19.9 Å². The fourth-order valence-corrected chi connectivity index (χ4v) is 4.26. The molecule has 3 amide bonds. The number of amides is 3. The van der Waals surface area contributed by atoms with Gasteiger partial charge in [0.25, 0.3) is 5.91 Å². The van der Waals surface area contributed by atoms with Crippen molar-refractivity contribution >= 4 is 17.6 Å². The van der Waals surface area contributed by atoms with Crippen molar-refractivity contribution in [3.05, 3.63) is 90.3 Å². The topological polar surface area (TPSA) is 74.8 Å². The minimum absolute atomic E-state index is 0.0383. The van der Waals surface area contributed by atoms with Gasteiger partial charge in [-0.1, -0.05) is 24.3 Å². The summed E-state index contributed by atoms with van der Waals surface area (Å²) >= 11 is 0. The molecule has 168 valence electrons. The van der Waals surface area contributed by atoms with Crippen molar-refractivity contribution in [2.45, 2.75) is 18.4 Å². The summed E-state index contributed by atoms with van der Waals surface area (Å²) < 4.78 is 6.07. The van der Waals surface area contributed by atoms with Crippen molar-refractivity contribution < 1.29 is 14.3 Å². The van der Waals surface area contributed by atoms with E-state index in [4.69, 9.17) is 4.74 Å². The number of ether oxygens (including phenoxy) is 1. The van der Waals surface area contributed by atoms with Gasteiger partial charge in [-0.05, 0) is 48.0 Å². The van der Waals surface area contributed by atoms with Gasteiger partial charge in [-0.3, -0.25) is 9.78 Å². The lowest BCUT2D eigenvalue weighted by Crippen LogP contribution is -2.50. The second-order valence-corrected chi connectivity index (χ2v) is 8.49. The Bertz CT molecular complexity index is 1100. The van der Waals surface area contributed by atoms with Crippen LogP contribution in [0.1, 0.15) is 28.3 Å². The summed E-state index contributed by atoms with van der Waals surface area (Å²) in [6.45, 7) is 2.64. The summed E-state index contributed by atoms with van der Waals surface area (Å²) in [7, 11) is 0. The molecule has 0 aliphatic carbocycles. The summed E-state index contributed by atoms with van der Waals surface area (Å²) in [6, 6.07) is 20.6. The number of urea groups is 1. The Balaban J connectivity index is 1.09. The molecule has 7 heteroatoms. The van der Waals surface area contributed by atoms with Gasteiger partial charge in [-0.25, -0.2) is 4.79 Å². The summed E-state index contributed by atoms with van der Waals surface area (Å²) in [4.78, 5) is 32.9. The van der Waals surface area contributed by atoms with E-state index in [1.54, 1.807) is 11.1 Å². The van der Waals surface area contributed by atoms with Gasteiger partial charge in [0.05, 0.1) is 6.54 Å². The zero-order valence-corrected chi connectivity index (χ0v) is 18.3. The molecule has 0 spiro atoms. The quantitative estimate of drug-likeness (QED) is 0.648. The molecular weight excluding hydrogens is 416 g/mol. The van der Waals surface area contributed by atoms with E-state index in [1.165, 1.54) is 5.56 Å². The van der Waals surface area contributed by atoms with Crippen molar-refractivity contribution in [1.82, 2.24) is 14.8 Å². The first-order valence-electron chi connectivity index (χ1n) is 11.2. The second kappa shape index (κ2) is 9.32. The molecule has 7 nitrogen and oxygen atoms in total. The number of anilines is 1. The Morgan fingerprint density at radius 3 is 2.42 bits per heavy atom. The molecule has 0 radical (unpaired) electrons. The zero-order valence-electron chi connectivity index (χ0n) is 18.3. The maximum Gasteiger partial charge on any atom is 0.321 e. The van der Waals surface area contributed by atoms with E-state index in [0.29, 0.717) is 37.7 Å². The maximum atomic E-state index is 12.6. The van der Waals surface area contributed by atoms with Crippen LogP contribution in [0.4, 0.5) is 10.5 Å². The number of hydrogen-bond acceptors (Lipinski definition) is 4. The molecule has 2 fully saturated rings.